The first-order valence-corrected chi connectivity index (χ1v) is 11.8. The highest BCUT2D eigenvalue weighted by Crippen LogP contribution is 2.37. The molecule has 1 atom stereocenters. The maximum Gasteiger partial charge on any atom is 0.387 e. The number of hydrogen-bond acceptors (Lipinski definition) is 6. The summed E-state index contributed by atoms with van der Waals surface area (Å²) in [4.78, 5) is 11.3. The number of anilines is 1. The Morgan fingerprint density at radius 3 is 2.69 bits per heavy atom. The minimum Gasteiger partial charge on any atom is -0.434 e. The van der Waals surface area contributed by atoms with Crippen LogP contribution in [0.3, 0.4) is 0 Å². The molecule has 7 nitrogen and oxygen atoms in total. The van der Waals surface area contributed by atoms with Gasteiger partial charge in [-0.1, -0.05) is 18.2 Å². The van der Waals surface area contributed by atoms with Crippen molar-refractivity contribution in [2.45, 2.75) is 19.3 Å². The number of aromatic nitrogens is 3. The Bertz CT molecular complexity index is 1390. The van der Waals surface area contributed by atoms with E-state index in [2.05, 4.69) is 20.2 Å². The lowest BCUT2D eigenvalue weighted by atomic mass is 10.0. The van der Waals surface area contributed by atoms with Crippen molar-refractivity contribution in [3.63, 3.8) is 0 Å². The van der Waals surface area contributed by atoms with Crippen LogP contribution in [-0.4, -0.2) is 53.9 Å². The first-order valence-electron chi connectivity index (χ1n) is 11.8. The van der Waals surface area contributed by atoms with Crippen LogP contribution in [0.25, 0.3) is 22.2 Å². The number of hydrogen-bond donors (Lipinski definition) is 1. The molecule has 4 aromatic rings. The van der Waals surface area contributed by atoms with Crippen LogP contribution in [0.1, 0.15) is 17.4 Å². The summed E-state index contributed by atoms with van der Waals surface area (Å²) < 4.78 is 53.8. The third-order valence-corrected chi connectivity index (χ3v) is 6.66. The molecule has 2 aromatic heterocycles. The normalized spacial score (nSPS) is 18.0. The number of nitrogens with one attached hydrogen (secondary N) is 1. The molecule has 10 heteroatoms. The average Bonchev–Trinajstić information content (AvgIpc) is 3.26. The largest absolute Gasteiger partial charge is 0.434 e. The fourth-order valence-corrected chi connectivity index (χ4v) is 4.99. The van der Waals surface area contributed by atoms with Gasteiger partial charge in [-0.15, -0.1) is 0 Å². The monoisotopic (exact) mass is 495 g/mol. The second-order valence-corrected chi connectivity index (χ2v) is 8.81. The van der Waals surface area contributed by atoms with Crippen molar-refractivity contribution in [1.29, 1.82) is 0 Å². The SMILES string of the molecule is Fc1cc2nc3n(c2cc1-c1ccc(N2CCNCC2)nc1)[C@@H](c1ccccc1OC(F)F)COC3. The molecule has 6 rings (SSSR count). The number of halogens is 3. The zero-order chi connectivity index (χ0) is 24.6. The van der Waals surface area contributed by atoms with E-state index in [-0.39, 0.29) is 19.0 Å². The van der Waals surface area contributed by atoms with Gasteiger partial charge < -0.3 is 24.3 Å². The van der Waals surface area contributed by atoms with Gasteiger partial charge in [0.05, 0.1) is 23.7 Å². The molecule has 0 spiro atoms. The second-order valence-electron chi connectivity index (χ2n) is 8.81. The summed E-state index contributed by atoms with van der Waals surface area (Å²) in [6.45, 7) is 1.07. The highest BCUT2D eigenvalue weighted by molar-refractivity contribution is 5.83. The molecule has 186 valence electrons. The Labute approximate surface area is 205 Å². The van der Waals surface area contributed by atoms with Crippen LogP contribution in [0.15, 0.2) is 54.7 Å². The molecule has 0 bridgehead atoms. The Balaban J connectivity index is 1.41. The molecule has 0 unspecified atom stereocenters. The van der Waals surface area contributed by atoms with E-state index in [9.17, 15) is 8.78 Å². The van der Waals surface area contributed by atoms with Crippen LogP contribution in [0.2, 0.25) is 0 Å². The number of piperazine rings is 1. The molecule has 1 fully saturated rings. The topological polar surface area (TPSA) is 64.4 Å². The number of ether oxygens (including phenoxy) is 2. The average molecular weight is 496 g/mol. The van der Waals surface area contributed by atoms with Crippen molar-refractivity contribution in [1.82, 2.24) is 19.9 Å². The Morgan fingerprint density at radius 1 is 1.08 bits per heavy atom. The number of nitrogens with zero attached hydrogens (tertiary/aromatic N) is 4. The quantitative estimate of drug-likeness (QED) is 0.444. The van der Waals surface area contributed by atoms with Gasteiger partial charge in [-0.25, -0.2) is 14.4 Å². The Morgan fingerprint density at radius 2 is 1.92 bits per heavy atom. The van der Waals surface area contributed by atoms with Crippen LogP contribution in [0.4, 0.5) is 19.0 Å². The van der Waals surface area contributed by atoms with Crippen LogP contribution >= 0.6 is 0 Å². The third-order valence-electron chi connectivity index (χ3n) is 6.66. The van der Waals surface area contributed by atoms with Gasteiger partial charge in [0.15, 0.2) is 0 Å². The Hall–Kier alpha value is -3.63. The fraction of sp³-hybridized carbons (Fsp3) is 0.308. The Kier molecular flexibility index (Phi) is 5.98. The van der Waals surface area contributed by atoms with E-state index in [4.69, 9.17) is 9.47 Å². The molecule has 0 aliphatic carbocycles. The smallest absolute Gasteiger partial charge is 0.387 e. The number of alkyl halides is 2. The predicted molar refractivity (Wildman–Crippen MR) is 129 cm³/mol. The molecule has 0 amide bonds. The maximum absolute atomic E-state index is 15.2. The van der Waals surface area contributed by atoms with Gasteiger partial charge in [0, 0.05) is 55.1 Å². The van der Waals surface area contributed by atoms with Gasteiger partial charge in [-0.2, -0.15) is 8.78 Å². The van der Waals surface area contributed by atoms with Gasteiger partial charge in [0.1, 0.15) is 29.8 Å². The number of rotatable bonds is 5. The van der Waals surface area contributed by atoms with E-state index in [0.717, 1.165) is 32.0 Å². The zero-order valence-corrected chi connectivity index (χ0v) is 19.3. The van der Waals surface area contributed by atoms with Crippen LogP contribution < -0.4 is 15.0 Å². The summed E-state index contributed by atoms with van der Waals surface area (Å²) in [6.07, 6.45) is 1.68. The van der Waals surface area contributed by atoms with Crippen molar-refractivity contribution in [2.75, 3.05) is 37.7 Å². The minimum atomic E-state index is -2.95. The summed E-state index contributed by atoms with van der Waals surface area (Å²) in [5, 5.41) is 3.32. The molecule has 2 aromatic carbocycles. The van der Waals surface area contributed by atoms with Gasteiger partial charge >= 0.3 is 6.61 Å². The predicted octanol–water partition coefficient (Wildman–Crippen LogP) is 4.37. The lowest BCUT2D eigenvalue weighted by molar-refractivity contribution is -0.0512. The summed E-state index contributed by atoms with van der Waals surface area (Å²) >= 11 is 0. The highest BCUT2D eigenvalue weighted by Gasteiger charge is 2.29. The molecular formula is C26H24F3N5O2. The molecule has 1 N–H and O–H groups in total. The minimum absolute atomic E-state index is 0.0748. The van der Waals surface area contributed by atoms with E-state index in [1.807, 2.05) is 16.7 Å². The lowest BCUT2D eigenvalue weighted by Crippen LogP contribution is -2.43. The molecule has 1 saturated heterocycles. The van der Waals surface area contributed by atoms with Crippen molar-refractivity contribution in [3.8, 4) is 16.9 Å². The molecule has 0 saturated carbocycles. The number of pyridine rings is 1. The molecule has 2 aliphatic heterocycles. The van der Waals surface area contributed by atoms with Crippen molar-refractivity contribution >= 4 is 16.9 Å². The fourth-order valence-electron chi connectivity index (χ4n) is 4.99. The van der Waals surface area contributed by atoms with Gasteiger partial charge in [0.25, 0.3) is 0 Å². The number of para-hydroxylation sites is 1. The van der Waals surface area contributed by atoms with E-state index in [1.54, 1.807) is 30.5 Å². The van der Waals surface area contributed by atoms with Crippen molar-refractivity contribution < 1.29 is 22.6 Å². The van der Waals surface area contributed by atoms with Crippen LogP contribution in [0.5, 0.6) is 5.75 Å². The lowest BCUT2D eigenvalue weighted by Gasteiger charge is -2.28. The van der Waals surface area contributed by atoms with E-state index < -0.39 is 18.5 Å². The zero-order valence-electron chi connectivity index (χ0n) is 19.3. The van der Waals surface area contributed by atoms with E-state index in [1.165, 1.54) is 12.1 Å². The molecule has 4 heterocycles. The molecule has 0 radical (unpaired) electrons. The highest BCUT2D eigenvalue weighted by atomic mass is 19.3. The van der Waals surface area contributed by atoms with Crippen molar-refractivity contribution in [2.24, 2.45) is 0 Å². The van der Waals surface area contributed by atoms with Gasteiger partial charge in [-0.3, -0.25) is 0 Å². The number of fused-ring (bicyclic) bond motifs is 3. The summed E-state index contributed by atoms with van der Waals surface area (Å²) in [6, 6.07) is 13.1. The molecule has 2 aliphatic rings. The summed E-state index contributed by atoms with van der Waals surface area (Å²) in [5.74, 6) is 1.12. The van der Waals surface area contributed by atoms with Gasteiger partial charge in [-0.05, 0) is 24.3 Å². The van der Waals surface area contributed by atoms with Crippen LogP contribution in [0, 0.1) is 5.82 Å². The summed E-state index contributed by atoms with van der Waals surface area (Å²) in [5.41, 5.74) is 2.75. The molecular weight excluding hydrogens is 471 g/mol. The maximum atomic E-state index is 15.2. The van der Waals surface area contributed by atoms with E-state index in [0.29, 0.717) is 33.5 Å². The summed E-state index contributed by atoms with van der Waals surface area (Å²) in [7, 11) is 0. The number of imidazole rings is 1. The first kappa shape index (κ1) is 22.8. The number of benzene rings is 2. The van der Waals surface area contributed by atoms with E-state index >= 15 is 4.39 Å². The second kappa shape index (κ2) is 9.44. The molecule has 36 heavy (non-hydrogen) atoms. The van der Waals surface area contributed by atoms with Crippen LogP contribution in [-0.2, 0) is 11.3 Å². The van der Waals surface area contributed by atoms with Crippen molar-refractivity contribution in [3.05, 3.63) is 71.9 Å². The third kappa shape index (κ3) is 4.16. The standard InChI is InChI=1S/C26H24F3N5O2/c27-19-12-20-21(11-18(19)16-5-6-24(31-13-16)33-9-7-30-8-10-33)34-22(14-35-15-25(34)32-20)17-3-1-2-4-23(17)36-26(28)29/h1-6,11-13,22,26,30H,7-10,14-15H2/t22-/m1/s1. The van der Waals surface area contributed by atoms with Gasteiger partial charge in [0.2, 0.25) is 0 Å². The first-order chi connectivity index (χ1) is 17.6.